The van der Waals surface area contributed by atoms with E-state index in [1.54, 1.807) is 54.6 Å². The number of hydrogen-bond donors (Lipinski definition) is 7. The van der Waals surface area contributed by atoms with Crippen molar-refractivity contribution in [3.8, 4) is 0 Å². The molecule has 0 heterocycles. The molecule has 0 saturated carbocycles. The van der Waals surface area contributed by atoms with E-state index in [9.17, 15) is 38.7 Å². The molecule has 0 aliphatic carbocycles. The highest BCUT2D eigenvalue weighted by atomic mass is 16.4. The number of nitrogens with one attached hydrogen (secondary N) is 4. The molecule has 1 unspecified atom stereocenters. The molecule has 2 rings (SSSR count). The number of unbranched alkanes of at least 4 members (excludes halogenated alkanes) is 11. The molecular weight excluding hydrogens is 716 g/mol. The van der Waals surface area contributed by atoms with Crippen LogP contribution in [0.5, 0.6) is 0 Å². The summed E-state index contributed by atoms with van der Waals surface area (Å²) in [7, 11) is 0. The largest absolute Gasteiger partial charge is 0.480 e. The number of aliphatic carboxylic acids is 1. The van der Waals surface area contributed by atoms with Crippen LogP contribution in [0.25, 0.3) is 0 Å². The molecule has 14 nitrogen and oxygen atoms in total. The second-order valence-electron chi connectivity index (χ2n) is 14.5. The van der Waals surface area contributed by atoms with Crippen molar-refractivity contribution in [2.75, 3.05) is 5.32 Å². The second-order valence-corrected chi connectivity index (χ2v) is 14.5. The van der Waals surface area contributed by atoms with Crippen LogP contribution >= 0.6 is 0 Å². The summed E-state index contributed by atoms with van der Waals surface area (Å²) in [5.74, 6) is -4.23. The Bertz CT molecular complexity index is 1550. The van der Waals surface area contributed by atoms with Crippen LogP contribution in [0.2, 0.25) is 0 Å². The Morgan fingerprint density at radius 3 is 1.59 bits per heavy atom. The summed E-state index contributed by atoms with van der Waals surface area (Å²) in [6.07, 6.45) is 12.7. The minimum Gasteiger partial charge on any atom is -0.480 e. The van der Waals surface area contributed by atoms with Gasteiger partial charge in [0, 0.05) is 30.5 Å². The molecule has 0 aliphatic rings. The van der Waals surface area contributed by atoms with Gasteiger partial charge in [0.2, 0.25) is 35.4 Å². The monoisotopic (exact) mass is 778 g/mol. The van der Waals surface area contributed by atoms with Gasteiger partial charge in [0.05, 0.1) is 6.42 Å². The first kappa shape index (κ1) is 46.9. The molecule has 6 amide bonds. The maximum absolute atomic E-state index is 13.0. The van der Waals surface area contributed by atoms with Gasteiger partial charge in [-0.3, -0.25) is 28.8 Å². The van der Waals surface area contributed by atoms with Crippen molar-refractivity contribution in [1.82, 2.24) is 16.0 Å². The van der Waals surface area contributed by atoms with Crippen LogP contribution in [-0.4, -0.2) is 64.6 Å². The minimum atomic E-state index is -1.26. The maximum Gasteiger partial charge on any atom is 0.326 e. The lowest BCUT2D eigenvalue weighted by Crippen LogP contribution is -2.53. The third-order valence-corrected chi connectivity index (χ3v) is 9.76. The van der Waals surface area contributed by atoms with Crippen LogP contribution in [-0.2, 0) is 35.2 Å². The molecular formula is C42H62N6O8. The highest BCUT2D eigenvalue weighted by molar-refractivity contribution is 5.98. The lowest BCUT2D eigenvalue weighted by molar-refractivity contribution is -0.142. The molecule has 0 fully saturated rings. The van der Waals surface area contributed by atoms with E-state index >= 15 is 0 Å². The van der Waals surface area contributed by atoms with Crippen molar-refractivity contribution in [1.29, 1.82) is 0 Å². The molecule has 0 aliphatic heterocycles. The summed E-state index contributed by atoms with van der Waals surface area (Å²) in [4.78, 5) is 85.7. The molecule has 9 N–H and O–H groups in total. The van der Waals surface area contributed by atoms with Crippen molar-refractivity contribution in [2.24, 2.45) is 17.4 Å². The Morgan fingerprint density at radius 2 is 1.12 bits per heavy atom. The Kier molecular flexibility index (Phi) is 22.2. The van der Waals surface area contributed by atoms with Crippen molar-refractivity contribution in [2.45, 2.75) is 141 Å². The van der Waals surface area contributed by atoms with Gasteiger partial charge in [0.1, 0.15) is 18.1 Å². The molecule has 308 valence electrons. The topological polar surface area (TPSA) is 240 Å². The number of carbonyl (C=O) groups is 7. The van der Waals surface area contributed by atoms with Crippen LogP contribution in [0.3, 0.4) is 0 Å². The predicted octanol–water partition coefficient (Wildman–Crippen LogP) is 4.89. The maximum atomic E-state index is 13.0. The van der Waals surface area contributed by atoms with Gasteiger partial charge in [0.25, 0.3) is 0 Å². The number of carbonyl (C=O) groups excluding carboxylic acids is 6. The third kappa shape index (κ3) is 19.4. The number of hydrogen-bond acceptors (Lipinski definition) is 7. The van der Waals surface area contributed by atoms with E-state index in [2.05, 4.69) is 21.3 Å². The molecule has 2 aromatic carbocycles. The molecule has 0 bridgehead atoms. The van der Waals surface area contributed by atoms with E-state index in [1.807, 2.05) is 13.8 Å². The third-order valence-electron chi connectivity index (χ3n) is 9.76. The SMILES string of the molecule is CCC(C)[C@H](NC(=O)CCCCCCCCCCCCCCC(=O)N[C@@H](CC(N)=O)C(=O)N[C@@H](Cc1ccccc1)C(=O)O)C(=O)Nc1ccc(C(N)=O)cc1. The van der Waals surface area contributed by atoms with Gasteiger partial charge in [-0.15, -0.1) is 0 Å². The molecule has 2 aromatic rings. The average molecular weight is 779 g/mol. The van der Waals surface area contributed by atoms with Gasteiger partial charge in [0.15, 0.2) is 0 Å². The van der Waals surface area contributed by atoms with E-state index in [1.165, 1.54) is 0 Å². The summed E-state index contributed by atoms with van der Waals surface area (Å²) < 4.78 is 0. The normalized spacial score (nSPS) is 13.0. The molecule has 14 heteroatoms. The van der Waals surface area contributed by atoms with Gasteiger partial charge >= 0.3 is 5.97 Å². The number of primary amides is 2. The summed E-state index contributed by atoms with van der Waals surface area (Å²) in [5.41, 5.74) is 12.2. The lowest BCUT2D eigenvalue weighted by Gasteiger charge is -2.23. The number of rotatable bonds is 29. The first-order valence-electron chi connectivity index (χ1n) is 20.0. The van der Waals surface area contributed by atoms with Crippen LogP contribution < -0.4 is 32.7 Å². The van der Waals surface area contributed by atoms with Gasteiger partial charge in [-0.25, -0.2) is 4.79 Å². The Labute approximate surface area is 330 Å². The quantitative estimate of drug-likeness (QED) is 0.0560. The molecule has 0 saturated heterocycles. The van der Waals surface area contributed by atoms with Gasteiger partial charge < -0.3 is 37.8 Å². The minimum absolute atomic E-state index is 0.0482. The summed E-state index contributed by atoms with van der Waals surface area (Å²) in [6, 6.07) is 12.0. The van der Waals surface area contributed by atoms with Crippen molar-refractivity contribution in [3.63, 3.8) is 0 Å². The fraction of sp³-hybridized carbons (Fsp3) is 0.548. The predicted molar refractivity (Wildman–Crippen MR) is 215 cm³/mol. The number of benzene rings is 2. The van der Waals surface area contributed by atoms with Crippen LogP contribution in [0.1, 0.15) is 133 Å². The summed E-state index contributed by atoms with van der Waals surface area (Å²) in [6.45, 7) is 3.90. The summed E-state index contributed by atoms with van der Waals surface area (Å²) in [5, 5.41) is 20.3. The van der Waals surface area contributed by atoms with Crippen molar-refractivity contribution in [3.05, 3.63) is 65.7 Å². The van der Waals surface area contributed by atoms with E-state index < -0.39 is 54.1 Å². The summed E-state index contributed by atoms with van der Waals surface area (Å²) >= 11 is 0. The van der Waals surface area contributed by atoms with Crippen molar-refractivity contribution < 1.29 is 38.7 Å². The number of amides is 6. The Balaban J connectivity index is 1.54. The lowest BCUT2D eigenvalue weighted by atomic mass is 9.97. The van der Waals surface area contributed by atoms with E-state index in [0.717, 1.165) is 77.0 Å². The zero-order chi connectivity index (χ0) is 41.3. The second kappa shape index (κ2) is 26.5. The highest BCUT2D eigenvalue weighted by Crippen LogP contribution is 2.16. The molecule has 0 spiro atoms. The highest BCUT2D eigenvalue weighted by Gasteiger charge is 2.28. The fourth-order valence-electron chi connectivity index (χ4n) is 6.22. The average Bonchev–Trinajstić information content (AvgIpc) is 3.16. The molecule has 56 heavy (non-hydrogen) atoms. The Hall–Kier alpha value is -5.27. The zero-order valence-electron chi connectivity index (χ0n) is 33.0. The first-order valence-corrected chi connectivity index (χ1v) is 20.0. The smallest absolute Gasteiger partial charge is 0.326 e. The van der Waals surface area contributed by atoms with Gasteiger partial charge in [-0.05, 0) is 48.6 Å². The van der Waals surface area contributed by atoms with Gasteiger partial charge in [-0.1, -0.05) is 115 Å². The van der Waals surface area contributed by atoms with E-state index in [0.29, 0.717) is 29.7 Å². The van der Waals surface area contributed by atoms with Crippen LogP contribution in [0, 0.1) is 5.92 Å². The Morgan fingerprint density at radius 1 is 0.625 bits per heavy atom. The zero-order valence-corrected chi connectivity index (χ0v) is 33.0. The standard InChI is InChI=1S/C42H62N6O8/c1-3-29(2)38(41(54)45-32-25-23-31(24-26-32)39(44)52)48-37(51)22-18-13-11-9-7-5-4-6-8-10-12-17-21-36(50)46-33(28-35(43)49)40(53)47-34(42(55)56)27-30-19-15-14-16-20-30/h14-16,19-20,23-26,29,33-34,38H,3-13,17-18,21-22,27-28H2,1-2H3,(H2,43,49)(H2,44,52)(H,45,54)(H,46,50)(H,47,53)(H,48,51)(H,55,56)/t29?,33-,34-,38-/m0/s1. The van der Waals surface area contributed by atoms with Crippen molar-refractivity contribution >= 4 is 47.1 Å². The fourth-order valence-corrected chi connectivity index (χ4v) is 6.22. The van der Waals surface area contributed by atoms with Gasteiger partial charge in [-0.2, -0.15) is 0 Å². The number of carboxylic acid groups (broad SMARTS) is 1. The number of carboxylic acids is 1. The van der Waals surface area contributed by atoms with Crippen LogP contribution in [0.15, 0.2) is 54.6 Å². The van der Waals surface area contributed by atoms with E-state index in [-0.39, 0.29) is 30.6 Å². The molecule has 4 atom stereocenters. The molecule has 0 radical (unpaired) electrons. The molecule has 0 aromatic heterocycles. The van der Waals surface area contributed by atoms with E-state index in [4.69, 9.17) is 11.5 Å². The first-order chi connectivity index (χ1) is 26.8. The number of anilines is 1. The van der Waals surface area contributed by atoms with Crippen LogP contribution in [0.4, 0.5) is 5.69 Å². The number of nitrogens with two attached hydrogens (primary N) is 2.